The Morgan fingerprint density at radius 1 is 1.31 bits per heavy atom. The van der Waals surface area contributed by atoms with Gasteiger partial charge in [-0.05, 0) is 65.0 Å². The SMILES string of the molecule is CC(C)Oc1c(C(=O)Nc2cccn(C3CC3)c2=O)cn2cc(C34CCC(C)(C3)OC4)nc2c1F. The number of fused-ring (bicyclic) bond motifs is 3. The third-order valence-electron chi connectivity index (χ3n) is 7.49. The van der Waals surface area contributed by atoms with Crippen LogP contribution in [0.4, 0.5) is 10.1 Å². The third-order valence-corrected chi connectivity index (χ3v) is 7.49. The summed E-state index contributed by atoms with van der Waals surface area (Å²) in [5.41, 5.74) is 0.357. The molecule has 1 N–H and O–H groups in total. The van der Waals surface area contributed by atoms with Crippen LogP contribution in [0, 0.1) is 5.82 Å². The molecule has 9 heteroatoms. The van der Waals surface area contributed by atoms with Gasteiger partial charge in [0.1, 0.15) is 11.3 Å². The first kappa shape index (κ1) is 22.3. The van der Waals surface area contributed by atoms with E-state index < -0.39 is 11.7 Å². The van der Waals surface area contributed by atoms with Gasteiger partial charge in [0.15, 0.2) is 11.4 Å². The molecule has 1 saturated heterocycles. The highest BCUT2D eigenvalue weighted by Gasteiger charge is 2.55. The number of nitrogens with zero attached hydrogens (tertiary/aromatic N) is 3. The second-order valence-electron chi connectivity index (χ2n) is 10.7. The molecule has 1 aliphatic heterocycles. The van der Waals surface area contributed by atoms with Crippen LogP contribution < -0.4 is 15.6 Å². The third kappa shape index (κ3) is 3.64. The van der Waals surface area contributed by atoms with E-state index in [0.29, 0.717) is 6.61 Å². The predicted octanol–water partition coefficient (Wildman–Crippen LogP) is 4.22. The van der Waals surface area contributed by atoms with Crippen molar-refractivity contribution in [3.05, 3.63) is 58.2 Å². The van der Waals surface area contributed by atoms with Gasteiger partial charge in [-0.1, -0.05) is 0 Å². The molecule has 2 atom stereocenters. The number of aromatic nitrogens is 3. The number of carbonyl (C=O) groups excluding carboxylic acids is 1. The van der Waals surface area contributed by atoms with Gasteiger partial charge in [0.2, 0.25) is 5.82 Å². The van der Waals surface area contributed by atoms with E-state index in [9.17, 15) is 9.59 Å². The number of ether oxygens (including phenoxy) is 2. The molecular formula is C26H29FN4O4. The maximum atomic E-state index is 15.8. The average Bonchev–Trinajstić information content (AvgIpc) is 3.32. The number of halogens is 1. The van der Waals surface area contributed by atoms with Crippen LogP contribution >= 0.6 is 0 Å². The van der Waals surface area contributed by atoms with Crippen LogP contribution in [-0.2, 0) is 10.2 Å². The van der Waals surface area contributed by atoms with Gasteiger partial charge < -0.3 is 23.8 Å². The highest BCUT2D eigenvalue weighted by Crippen LogP contribution is 2.53. The molecule has 3 aromatic rings. The van der Waals surface area contributed by atoms with Crippen LogP contribution in [0.5, 0.6) is 5.75 Å². The van der Waals surface area contributed by atoms with E-state index in [1.807, 2.05) is 0 Å². The molecule has 2 saturated carbocycles. The van der Waals surface area contributed by atoms with Crippen molar-refractivity contribution in [1.29, 1.82) is 0 Å². The van der Waals surface area contributed by atoms with E-state index in [1.165, 1.54) is 6.20 Å². The standard InChI is InChI=1S/C26H29FN4O4/c1-15(2)35-21-17(23(32)28-18-5-4-10-31(24(18)33)16-6-7-16)11-30-12-19(29-22(30)20(21)27)26-9-8-25(3,13-26)34-14-26/h4-5,10-12,15-16H,6-9,13-14H2,1-3H3,(H,28,32). The molecule has 4 heterocycles. The maximum absolute atomic E-state index is 15.8. The fraction of sp³-hybridized carbons (Fsp3) is 0.500. The Bertz CT molecular complexity index is 1400. The monoisotopic (exact) mass is 480 g/mol. The normalized spacial score (nSPS) is 25.5. The molecule has 3 aromatic heterocycles. The van der Waals surface area contributed by atoms with Crippen molar-refractivity contribution in [3.8, 4) is 5.75 Å². The van der Waals surface area contributed by atoms with E-state index in [1.54, 1.807) is 47.3 Å². The minimum Gasteiger partial charge on any atom is -0.487 e. The predicted molar refractivity (Wildman–Crippen MR) is 128 cm³/mol. The fourth-order valence-corrected chi connectivity index (χ4v) is 5.52. The Balaban J connectivity index is 1.41. The number of hydrogen-bond donors (Lipinski definition) is 1. The lowest BCUT2D eigenvalue weighted by Crippen LogP contribution is -2.26. The summed E-state index contributed by atoms with van der Waals surface area (Å²) in [6.07, 6.45) is 9.28. The van der Waals surface area contributed by atoms with Gasteiger partial charge in [0.05, 0.1) is 24.0 Å². The first-order valence-corrected chi connectivity index (χ1v) is 12.2. The summed E-state index contributed by atoms with van der Waals surface area (Å²) >= 11 is 0. The van der Waals surface area contributed by atoms with Gasteiger partial charge >= 0.3 is 0 Å². The molecule has 2 unspecified atom stereocenters. The smallest absolute Gasteiger partial charge is 0.274 e. The summed E-state index contributed by atoms with van der Waals surface area (Å²) in [7, 11) is 0. The number of carbonyl (C=O) groups is 1. The summed E-state index contributed by atoms with van der Waals surface area (Å²) in [5, 5.41) is 2.67. The average molecular weight is 481 g/mol. The number of amides is 1. The molecule has 8 nitrogen and oxygen atoms in total. The van der Waals surface area contributed by atoms with E-state index in [-0.39, 0.29) is 51.4 Å². The Labute approximate surface area is 202 Å². The number of pyridine rings is 2. The lowest BCUT2D eigenvalue weighted by Gasteiger charge is -2.24. The number of imidazole rings is 1. The van der Waals surface area contributed by atoms with Gasteiger partial charge in [-0.25, -0.2) is 4.98 Å². The Hall–Kier alpha value is -3.20. The lowest BCUT2D eigenvalue weighted by molar-refractivity contribution is -0.00627. The zero-order valence-corrected chi connectivity index (χ0v) is 20.1. The molecule has 35 heavy (non-hydrogen) atoms. The van der Waals surface area contributed by atoms with Crippen LogP contribution in [0.2, 0.25) is 0 Å². The van der Waals surface area contributed by atoms with Crippen molar-refractivity contribution in [2.75, 3.05) is 11.9 Å². The Morgan fingerprint density at radius 2 is 2.11 bits per heavy atom. The van der Waals surface area contributed by atoms with Crippen molar-refractivity contribution >= 4 is 17.2 Å². The van der Waals surface area contributed by atoms with Gasteiger partial charge in [-0.15, -0.1) is 0 Å². The Morgan fingerprint density at radius 3 is 2.74 bits per heavy atom. The molecule has 0 radical (unpaired) electrons. The molecule has 2 bridgehead atoms. The molecule has 1 amide bonds. The van der Waals surface area contributed by atoms with Crippen LogP contribution in [0.1, 0.15) is 75.0 Å². The van der Waals surface area contributed by atoms with Crippen molar-refractivity contribution in [2.45, 2.75) is 76.0 Å². The van der Waals surface area contributed by atoms with Crippen molar-refractivity contribution in [3.63, 3.8) is 0 Å². The van der Waals surface area contributed by atoms with E-state index in [2.05, 4.69) is 17.2 Å². The molecule has 2 aliphatic carbocycles. The van der Waals surface area contributed by atoms with Crippen LogP contribution in [0.15, 0.2) is 35.5 Å². The Kier molecular flexibility index (Phi) is 4.87. The van der Waals surface area contributed by atoms with Gasteiger partial charge in [-0.2, -0.15) is 4.39 Å². The molecule has 184 valence electrons. The van der Waals surface area contributed by atoms with E-state index >= 15 is 4.39 Å². The second-order valence-corrected chi connectivity index (χ2v) is 10.7. The number of hydrogen-bond acceptors (Lipinski definition) is 5. The summed E-state index contributed by atoms with van der Waals surface area (Å²) < 4.78 is 30.7. The minimum absolute atomic E-state index is 0.00491. The first-order chi connectivity index (χ1) is 16.7. The number of anilines is 1. The van der Waals surface area contributed by atoms with Crippen LogP contribution in [-0.4, -0.2) is 38.2 Å². The molecular weight excluding hydrogens is 451 g/mol. The van der Waals surface area contributed by atoms with Gasteiger partial charge in [0, 0.05) is 30.0 Å². The van der Waals surface area contributed by atoms with Crippen molar-refractivity contribution in [1.82, 2.24) is 14.0 Å². The van der Waals surface area contributed by atoms with Crippen molar-refractivity contribution in [2.24, 2.45) is 0 Å². The zero-order valence-electron chi connectivity index (χ0n) is 20.1. The van der Waals surface area contributed by atoms with Gasteiger partial charge in [0.25, 0.3) is 11.5 Å². The molecule has 3 fully saturated rings. The second kappa shape index (κ2) is 7.65. The van der Waals surface area contributed by atoms with Gasteiger partial charge in [-0.3, -0.25) is 9.59 Å². The van der Waals surface area contributed by atoms with E-state index in [0.717, 1.165) is 37.8 Å². The summed E-state index contributed by atoms with van der Waals surface area (Å²) in [5.74, 6) is -1.48. The highest BCUT2D eigenvalue weighted by molar-refractivity contribution is 6.06. The minimum atomic E-state index is -0.697. The lowest BCUT2D eigenvalue weighted by atomic mass is 9.84. The number of rotatable bonds is 6. The summed E-state index contributed by atoms with van der Waals surface area (Å²) in [6, 6.07) is 3.46. The molecule has 3 aliphatic rings. The highest BCUT2D eigenvalue weighted by atomic mass is 19.1. The molecule has 0 spiro atoms. The van der Waals surface area contributed by atoms with Crippen LogP contribution in [0.3, 0.4) is 0 Å². The summed E-state index contributed by atoms with van der Waals surface area (Å²) in [4.78, 5) is 30.8. The molecule has 0 aromatic carbocycles. The fourth-order valence-electron chi connectivity index (χ4n) is 5.52. The zero-order chi connectivity index (χ0) is 24.5. The van der Waals surface area contributed by atoms with E-state index in [4.69, 9.17) is 9.47 Å². The quantitative estimate of drug-likeness (QED) is 0.571. The topological polar surface area (TPSA) is 86.9 Å². The van der Waals surface area contributed by atoms with Crippen molar-refractivity contribution < 1.29 is 18.7 Å². The first-order valence-electron chi connectivity index (χ1n) is 12.2. The molecule has 6 rings (SSSR count). The summed E-state index contributed by atoms with van der Waals surface area (Å²) in [6.45, 7) is 6.19. The maximum Gasteiger partial charge on any atom is 0.274 e. The van der Waals surface area contributed by atoms with Crippen LogP contribution in [0.25, 0.3) is 5.65 Å². The largest absolute Gasteiger partial charge is 0.487 e. The number of nitrogens with one attached hydrogen (secondary N) is 1.